The number of likely N-dealkylation sites (tertiary alicyclic amines) is 1. The topological polar surface area (TPSA) is 58.4 Å². The van der Waals surface area contributed by atoms with Crippen molar-refractivity contribution in [2.75, 3.05) is 20.1 Å². The van der Waals surface area contributed by atoms with Crippen molar-refractivity contribution < 1.29 is 4.79 Å². The maximum absolute atomic E-state index is 11.1. The standard InChI is InChI=1S/C11H23N3O/c1-8(13-3)10-5-4-6-14(7-10)9(2)11(12)15/h8-10,13H,4-7H2,1-3H3,(H2,12,15). The molecule has 0 aromatic heterocycles. The molecule has 0 aliphatic carbocycles. The van der Waals surface area contributed by atoms with Gasteiger partial charge in [0.05, 0.1) is 6.04 Å². The number of amides is 1. The Bertz CT molecular complexity index is 220. The van der Waals surface area contributed by atoms with E-state index >= 15 is 0 Å². The molecule has 0 bridgehead atoms. The van der Waals surface area contributed by atoms with Crippen LogP contribution in [0.5, 0.6) is 0 Å². The molecule has 1 aliphatic rings. The van der Waals surface area contributed by atoms with Crippen LogP contribution in [0.25, 0.3) is 0 Å². The van der Waals surface area contributed by atoms with E-state index in [9.17, 15) is 4.79 Å². The van der Waals surface area contributed by atoms with Crippen LogP contribution in [0.4, 0.5) is 0 Å². The Morgan fingerprint density at radius 2 is 2.20 bits per heavy atom. The molecule has 1 saturated heterocycles. The highest BCUT2D eigenvalue weighted by Crippen LogP contribution is 2.21. The van der Waals surface area contributed by atoms with Gasteiger partial charge in [-0.15, -0.1) is 0 Å². The Hall–Kier alpha value is -0.610. The van der Waals surface area contributed by atoms with Crippen LogP contribution in [0.2, 0.25) is 0 Å². The Labute approximate surface area is 92.2 Å². The molecule has 0 radical (unpaired) electrons. The molecule has 3 unspecified atom stereocenters. The van der Waals surface area contributed by atoms with E-state index in [4.69, 9.17) is 5.73 Å². The first-order chi connectivity index (χ1) is 7.06. The van der Waals surface area contributed by atoms with Gasteiger partial charge in [-0.05, 0) is 46.2 Å². The zero-order valence-corrected chi connectivity index (χ0v) is 9.99. The van der Waals surface area contributed by atoms with Crippen molar-refractivity contribution >= 4 is 5.91 Å². The molecule has 4 heteroatoms. The minimum atomic E-state index is -0.215. The van der Waals surface area contributed by atoms with Gasteiger partial charge < -0.3 is 11.1 Å². The van der Waals surface area contributed by atoms with Crippen LogP contribution in [-0.4, -0.2) is 43.0 Å². The van der Waals surface area contributed by atoms with Crippen molar-refractivity contribution in [3.05, 3.63) is 0 Å². The van der Waals surface area contributed by atoms with Gasteiger partial charge in [0.15, 0.2) is 0 Å². The number of hydrogen-bond donors (Lipinski definition) is 2. The van der Waals surface area contributed by atoms with Gasteiger partial charge in [0, 0.05) is 12.6 Å². The van der Waals surface area contributed by atoms with Gasteiger partial charge in [-0.2, -0.15) is 0 Å². The van der Waals surface area contributed by atoms with Crippen molar-refractivity contribution in [1.82, 2.24) is 10.2 Å². The molecule has 1 amide bonds. The minimum Gasteiger partial charge on any atom is -0.368 e. The summed E-state index contributed by atoms with van der Waals surface area (Å²) in [7, 11) is 1.99. The zero-order chi connectivity index (χ0) is 11.4. The van der Waals surface area contributed by atoms with Gasteiger partial charge >= 0.3 is 0 Å². The molecule has 0 aromatic rings. The third kappa shape index (κ3) is 3.18. The Kier molecular flexibility index (Phi) is 4.54. The lowest BCUT2D eigenvalue weighted by Gasteiger charge is -2.37. The number of piperidine rings is 1. The molecule has 4 nitrogen and oxygen atoms in total. The average Bonchev–Trinajstić information content (AvgIpc) is 2.27. The summed E-state index contributed by atoms with van der Waals surface area (Å²) in [5.74, 6) is 0.415. The number of carbonyl (C=O) groups is 1. The van der Waals surface area contributed by atoms with Gasteiger partial charge in [0.25, 0.3) is 0 Å². The first-order valence-electron chi connectivity index (χ1n) is 5.77. The zero-order valence-electron chi connectivity index (χ0n) is 9.99. The fraction of sp³-hybridized carbons (Fsp3) is 0.909. The average molecular weight is 213 g/mol. The van der Waals surface area contributed by atoms with Crippen LogP contribution >= 0.6 is 0 Å². The molecule has 1 heterocycles. The molecule has 3 N–H and O–H groups in total. The maximum Gasteiger partial charge on any atom is 0.234 e. The predicted molar refractivity (Wildman–Crippen MR) is 61.5 cm³/mol. The lowest BCUT2D eigenvalue weighted by atomic mass is 9.91. The van der Waals surface area contributed by atoms with E-state index in [-0.39, 0.29) is 11.9 Å². The smallest absolute Gasteiger partial charge is 0.234 e. The lowest BCUT2D eigenvalue weighted by Crippen LogP contribution is -2.50. The molecular formula is C11H23N3O. The van der Waals surface area contributed by atoms with Gasteiger partial charge in [0.1, 0.15) is 0 Å². The molecule has 15 heavy (non-hydrogen) atoms. The minimum absolute atomic E-state index is 0.128. The second-order valence-electron chi connectivity index (χ2n) is 4.55. The summed E-state index contributed by atoms with van der Waals surface area (Å²) in [6, 6.07) is 0.379. The van der Waals surface area contributed by atoms with E-state index in [1.165, 1.54) is 6.42 Å². The molecule has 0 saturated carbocycles. The molecule has 3 atom stereocenters. The molecule has 0 aromatic carbocycles. The summed E-state index contributed by atoms with van der Waals surface area (Å²) in [6.45, 7) is 6.07. The number of nitrogens with zero attached hydrogens (tertiary/aromatic N) is 1. The fourth-order valence-electron chi connectivity index (χ4n) is 2.22. The van der Waals surface area contributed by atoms with Crippen molar-refractivity contribution in [2.45, 2.75) is 38.8 Å². The summed E-state index contributed by atoms with van der Waals surface area (Å²) in [5, 5.41) is 3.28. The number of nitrogens with two attached hydrogens (primary N) is 1. The third-order valence-corrected chi connectivity index (χ3v) is 3.61. The van der Waals surface area contributed by atoms with Crippen molar-refractivity contribution in [2.24, 2.45) is 11.7 Å². The Morgan fingerprint density at radius 1 is 1.53 bits per heavy atom. The maximum atomic E-state index is 11.1. The van der Waals surface area contributed by atoms with E-state index in [0.29, 0.717) is 12.0 Å². The molecule has 1 fully saturated rings. The van der Waals surface area contributed by atoms with E-state index in [2.05, 4.69) is 17.1 Å². The van der Waals surface area contributed by atoms with Crippen LogP contribution in [0.1, 0.15) is 26.7 Å². The highest BCUT2D eigenvalue weighted by molar-refractivity contribution is 5.79. The first-order valence-corrected chi connectivity index (χ1v) is 5.77. The first kappa shape index (κ1) is 12.5. The van der Waals surface area contributed by atoms with Gasteiger partial charge in [-0.25, -0.2) is 0 Å². The van der Waals surface area contributed by atoms with Gasteiger partial charge in [-0.1, -0.05) is 0 Å². The van der Waals surface area contributed by atoms with Gasteiger partial charge in [-0.3, -0.25) is 9.69 Å². The van der Waals surface area contributed by atoms with E-state index in [1.807, 2.05) is 14.0 Å². The largest absolute Gasteiger partial charge is 0.368 e. The molecule has 0 spiro atoms. The molecule has 1 aliphatic heterocycles. The quantitative estimate of drug-likeness (QED) is 0.700. The normalized spacial score (nSPS) is 27.3. The predicted octanol–water partition coefficient (Wildman–Crippen LogP) is 0.180. The number of hydrogen-bond acceptors (Lipinski definition) is 3. The molecular weight excluding hydrogens is 190 g/mol. The SMILES string of the molecule is CNC(C)C1CCCN(C(C)C(N)=O)C1. The highest BCUT2D eigenvalue weighted by atomic mass is 16.1. The van der Waals surface area contributed by atoms with Crippen LogP contribution in [0.3, 0.4) is 0 Å². The summed E-state index contributed by atoms with van der Waals surface area (Å²) in [4.78, 5) is 13.3. The summed E-state index contributed by atoms with van der Waals surface area (Å²) in [5.41, 5.74) is 5.32. The number of nitrogens with one attached hydrogen (secondary N) is 1. The number of rotatable bonds is 4. The Morgan fingerprint density at radius 3 is 2.73 bits per heavy atom. The van der Waals surface area contributed by atoms with Crippen LogP contribution < -0.4 is 11.1 Å². The summed E-state index contributed by atoms with van der Waals surface area (Å²) < 4.78 is 0. The summed E-state index contributed by atoms with van der Waals surface area (Å²) >= 11 is 0. The van der Waals surface area contributed by atoms with E-state index in [1.54, 1.807) is 0 Å². The fourth-order valence-corrected chi connectivity index (χ4v) is 2.22. The van der Waals surface area contributed by atoms with Gasteiger partial charge in [0.2, 0.25) is 5.91 Å². The van der Waals surface area contributed by atoms with E-state index < -0.39 is 0 Å². The van der Waals surface area contributed by atoms with E-state index in [0.717, 1.165) is 19.5 Å². The molecule has 1 rings (SSSR count). The van der Waals surface area contributed by atoms with Crippen LogP contribution in [-0.2, 0) is 4.79 Å². The number of primary amides is 1. The second-order valence-corrected chi connectivity index (χ2v) is 4.55. The third-order valence-electron chi connectivity index (χ3n) is 3.61. The second kappa shape index (κ2) is 5.47. The Balaban J connectivity index is 2.52. The summed E-state index contributed by atoms with van der Waals surface area (Å²) in [6.07, 6.45) is 2.40. The molecule has 88 valence electrons. The van der Waals surface area contributed by atoms with Crippen molar-refractivity contribution in [3.63, 3.8) is 0 Å². The lowest BCUT2D eigenvalue weighted by molar-refractivity contribution is -0.123. The monoisotopic (exact) mass is 213 g/mol. The van der Waals surface area contributed by atoms with Crippen LogP contribution in [0.15, 0.2) is 0 Å². The van der Waals surface area contributed by atoms with Crippen molar-refractivity contribution in [3.8, 4) is 0 Å². The highest BCUT2D eigenvalue weighted by Gasteiger charge is 2.28. The van der Waals surface area contributed by atoms with Crippen LogP contribution in [0, 0.1) is 5.92 Å². The van der Waals surface area contributed by atoms with Crippen molar-refractivity contribution in [1.29, 1.82) is 0 Å². The number of carbonyl (C=O) groups excluding carboxylic acids is 1.